The fourth-order valence-electron chi connectivity index (χ4n) is 5.32. The van der Waals surface area contributed by atoms with Gasteiger partial charge in [0.15, 0.2) is 0 Å². The van der Waals surface area contributed by atoms with Crippen LogP contribution in [0.3, 0.4) is 0 Å². The molecule has 0 saturated carbocycles. The quantitative estimate of drug-likeness (QED) is 0.372. The van der Waals surface area contributed by atoms with Crippen molar-refractivity contribution < 1.29 is 28.3 Å². The van der Waals surface area contributed by atoms with Crippen LogP contribution in [0, 0.1) is 17.7 Å². The van der Waals surface area contributed by atoms with E-state index in [-0.39, 0.29) is 16.8 Å². The highest BCUT2D eigenvalue weighted by Crippen LogP contribution is 2.57. The van der Waals surface area contributed by atoms with E-state index < -0.39 is 52.7 Å². The SMILES string of the molecule is O=C1[C@H]2[C@H](c3ccc(Br)cc3)OC3(C(=O)c4ccccc4C3=O)[C@H]2C(=O)N1c1ccc(F)cc1. The first-order chi connectivity index (χ1) is 16.3. The van der Waals surface area contributed by atoms with Crippen molar-refractivity contribution in [1.82, 2.24) is 0 Å². The molecule has 2 amide bonds. The van der Waals surface area contributed by atoms with E-state index in [1.807, 2.05) is 0 Å². The maximum absolute atomic E-state index is 13.7. The van der Waals surface area contributed by atoms with Crippen LogP contribution in [0.15, 0.2) is 77.3 Å². The van der Waals surface area contributed by atoms with Gasteiger partial charge in [0.05, 0.1) is 23.6 Å². The maximum Gasteiger partial charge on any atom is 0.241 e. The van der Waals surface area contributed by atoms with Crippen molar-refractivity contribution in [2.45, 2.75) is 11.7 Å². The first kappa shape index (κ1) is 21.1. The summed E-state index contributed by atoms with van der Waals surface area (Å²) in [5, 5.41) is 0. The lowest BCUT2D eigenvalue weighted by Crippen LogP contribution is -2.51. The fourth-order valence-corrected chi connectivity index (χ4v) is 5.58. The number of halogens is 2. The fraction of sp³-hybridized carbons (Fsp3) is 0.154. The molecule has 6 nitrogen and oxygen atoms in total. The van der Waals surface area contributed by atoms with Gasteiger partial charge in [0.2, 0.25) is 29.0 Å². The summed E-state index contributed by atoms with van der Waals surface area (Å²) in [6.07, 6.45) is -0.998. The molecule has 0 N–H and O–H groups in total. The Kier molecular flexibility index (Phi) is 4.49. The molecule has 2 heterocycles. The lowest BCUT2D eigenvalue weighted by Gasteiger charge is -2.27. The number of rotatable bonds is 2. The summed E-state index contributed by atoms with van der Waals surface area (Å²) in [6, 6.07) is 18.2. The van der Waals surface area contributed by atoms with Gasteiger partial charge in [-0.15, -0.1) is 0 Å². The number of carbonyl (C=O) groups is 4. The number of carbonyl (C=O) groups excluding carboxylic acids is 4. The molecule has 3 aliphatic rings. The number of hydrogen-bond acceptors (Lipinski definition) is 5. The lowest BCUT2D eigenvalue weighted by molar-refractivity contribution is -0.127. The number of nitrogens with zero attached hydrogens (tertiary/aromatic N) is 1. The molecule has 1 spiro atoms. The van der Waals surface area contributed by atoms with Gasteiger partial charge < -0.3 is 4.74 Å². The first-order valence-corrected chi connectivity index (χ1v) is 11.4. The smallest absolute Gasteiger partial charge is 0.241 e. The minimum atomic E-state index is -2.13. The average molecular weight is 520 g/mol. The van der Waals surface area contributed by atoms with Crippen molar-refractivity contribution in [3.05, 3.63) is 99.8 Å². The molecule has 3 atom stereocenters. The number of hydrogen-bond donors (Lipinski definition) is 0. The van der Waals surface area contributed by atoms with Crippen LogP contribution in [0.4, 0.5) is 10.1 Å². The maximum atomic E-state index is 13.7. The van der Waals surface area contributed by atoms with E-state index in [1.54, 1.807) is 36.4 Å². The van der Waals surface area contributed by atoms with E-state index in [9.17, 15) is 23.6 Å². The molecule has 8 heteroatoms. The number of amides is 2. The molecule has 3 aromatic rings. The number of ether oxygens (including phenoxy) is 1. The summed E-state index contributed by atoms with van der Waals surface area (Å²) in [6.45, 7) is 0. The summed E-state index contributed by atoms with van der Waals surface area (Å²) >= 11 is 3.37. The largest absolute Gasteiger partial charge is 0.349 e. The number of fused-ring (bicyclic) bond motifs is 3. The van der Waals surface area contributed by atoms with Crippen LogP contribution in [-0.2, 0) is 14.3 Å². The molecule has 168 valence electrons. The Morgan fingerprint density at radius 3 is 1.97 bits per heavy atom. The van der Waals surface area contributed by atoms with Gasteiger partial charge in [0.25, 0.3) is 0 Å². The molecule has 1 aliphatic carbocycles. The highest BCUT2D eigenvalue weighted by molar-refractivity contribution is 9.10. The van der Waals surface area contributed by atoms with Crippen molar-refractivity contribution in [2.75, 3.05) is 4.90 Å². The average Bonchev–Trinajstić information content (AvgIpc) is 3.40. The summed E-state index contributed by atoms with van der Waals surface area (Å²) in [5.74, 6) is -5.51. The Labute approximate surface area is 201 Å². The Bertz CT molecular complexity index is 1370. The number of benzene rings is 3. The lowest BCUT2D eigenvalue weighted by atomic mass is 9.77. The Hall–Kier alpha value is -3.49. The van der Waals surface area contributed by atoms with Gasteiger partial charge in [-0.3, -0.25) is 19.2 Å². The zero-order chi connectivity index (χ0) is 23.8. The van der Waals surface area contributed by atoms with E-state index in [1.165, 1.54) is 24.3 Å². The number of Topliss-reactive ketones (excluding diaryl/α,β-unsaturated/α-hetero) is 2. The minimum Gasteiger partial charge on any atom is -0.349 e. The molecule has 0 aromatic heterocycles. The second kappa shape index (κ2) is 7.25. The van der Waals surface area contributed by atoms with Gasteiger partial charge in [0.1, 0.15) is 5.82 Å². The normalized spacial score (nSPS) is 24.8. The molecule has 0 unspecified atom stereocenters. The van der Waals surface area contributed by atoms with Crippen molar-refractivity contribution in [3.63, 3.8) is 0 Å². The number of ketones is 2. The van der Waals surface area contributed by atoms with Gasteiger partial charge in [-0.1, -0.05) is 52.3 Å². The van der Waals surface area contributed by atoms with Crippen molar-refractivity contribution >= 4 is 45.0 Å². The van der Waals surface area contributed by atoms with Gasteiger partial charge in [-0.05, 0) is 42.0 Å². The molecule has 0 bridgehead atoms. The Balaban J connectivity index is 1.54. The molecular weight excluding hydrogens is 505 g/mol. The van der Waals surface area contributed by atoms with Crippen molar-refractivity contribution in [1.29, 1.82) is 0 Å². The molecule has 2 saturated heterocycles. The summed E-state index contributed by atoms with van der Waals surface area (Å²) in [4.78, 5) is 55.7. The van der Waals surface area contributed by atoms with E-state index in [0.717, 1.165) is 21.5 Å². The Morgan fingerprint density at radius 1 is 0.794 bits per heavy atom. The highest BCUT2D eigenvalue weighted by Gasteiger charge is 2.74. The highest BCUT2D eigenvalue weighted by atomic mass is 79.9. The molecule has 6 rings (SSSR count). The number of anilines is 1. The minimum absolute atomic E-state index is 0.170. The van der Waals surface area contributed by atoms with E-state index >= 15 is 0 Å². The van der Waals surface area contributed by atoms with Gasteiger partial charge in [-0.2, -0.15) is 0 Å². The predicted octanol–water partition coefficient (Wildman–Crippen LogP) is 4.28. The van der Waals surface area contributed by atoms with Crippen LogP contribution in [0.1, 0.15) is 32.4 Å². The third-order valence-corrected chi connectivity index (χ3v) is 7.33. The Morgan fingerprint density at radius 2 is 1.38 bits per heavy atom. The third-order valence-electron chi connectivity index (χ3n) is 6.80. The molecule has 34 heavy (non-hydrogen) atoms. The summed E-state index contributed by atoms with van der Waals surface area (Å²) in [5.41, 5.74) is -1.06. The van der Waals surface area contributed by atoms with Crippen molar-refractivity contribution in [3.8, 4) is 0 Å². The van der Waals surface area contributed by atoms with E-state index in [4.69, 9.17) is 4.74 Å². The molecule has 2 aliphatic heterocycles. The van der Waals surface area contributed by atoms with Crippen LogP contribution >= 0.6 is 15.9 Å². The van der Waals surface area contributed by atoms with Gasteiger partial charge >= 0.3 is 0 Å². The predicted molar refractivity (Wildman–Crippen MR) is 122 cm³/mol. The molecule has 3 aromatic carbocycles. The summed E-state index contributed by atoms with van der Waals surface area (Å²) in [7, 11) is 0. The first-order valence-electron chi connectivity index (χ1n) is 10.6. The van der Waals surface area contributed by atoms with E-state index in [0.29, 0.717) is 5.56 Å². The van der Waals surface area contributed by atoms with Crippen molar-refractivity contribution in [2.24, 2.45) is 11.8 Å². The second-order valence-electron chi connectivity index (χ2n) is 8.52. The topological polar surface area (TPSA) is 80.8 Å². The van der Waals surface area contributed by atoms with Gasteiger partial charge in [0, 0.05) is 15.6 Å². The monoisotopic (exact) mass is 519 g/mol. The van der Waals surface area contributed by atoms with Crippen LogP contribution < -0.4 is 4.90 Å². The van der Waals surface area contributed by atoms with Crippen LogP contribution in [0.25, 0.3) is 0 Å². The van der Waals surface area contributed by atoms with Crippen LogP contribution in [-0.4, -0.2) is 29.0 Å². The molecular formula is C26H15BrFNO5. The molecule has 0 radical (unpaired) electrons. The second-order valence-corrected chi connectivity index (χ2v) is 9.44. The zero-order valence-corrected chi connectivity index (χ0v) is 19.0. The van der Waals surface area contributed by atoms with Crippen LogP contribution in [0.2, 0.25) is 0 Å². The number of imide groups is 1. The standard InChI is InChI=1S/C26H15BrFNO5/c27-14-7-5-13(6-8-14)21-19-20(25(33)29(24(19)32)16-11-9-15(28)10-12-16)26(34-21)22(30)17-3-1-2-4-18(17)23(26)31/h1-12,19-21H/t19-,20-,21+/m1/s1. The van der Waals surface area contributed by atoms with Crippen LogP contribution in [0.5, 0.6) is 0 Å². The van der Waals surface area contributed by atoms with Gasteiger partial charge in [-0.25, -0.2) is 9.29 Å². The third kappa shape index (κ3) is 2.63. The zero-order valence-electron chi connectivity index (χ0n) is 17.4. The molecule has 2 fully saturated rings. The van der Waals surface area contributed by atoms with E-state index in [2.05, 4.69) is 15.9 Å². The summed E-state index contributed by atoms with van der Waals surface area (Å²) < 4.78 is 20.5.